The molecule has 1 fully saturated rings. The van der Waals surface area contributed by atoms with Crippen LogP contribution in [0.4, 0.5) is 0 Å². The third kappa shape index (κ3) is 3.28. The minimum absolute atomic E-state index is 0.138. The number of rotatable bonds is 5. The van der Waals surface area contributed by atoms with E-state index in [1.54, 1.807) is 12.1 Å². The van der Waals surface area contributed by atoms with E-state index >= 15 is 0 Å². The molecule has 1 atom stereocenters. The van der Waals surface area contributed by atoms with Crippen LogP contribution in [0.1, 0.15) is 44.1 Å². The van der Waals surface area contributed by atoms with Gasteiger partial charge in [-0.3, -0.25) is 9.59 Å². The van der Waals surface area contributed by atoms with Gasteiger partial charge in [0.05, 0.1) is 5.39 Å². The maximum Gasteiger partial charge on any atom is 0.274 e. The molecule has 5 heteroatoms. The molecule has 1 N–H and O–H groups in total. The molecule has 122 valence electrons. The molecule has 1 aliphatic rings. The van der Waals surface area contributed by atoms with Crippen molar-refractivity contribution in [3.63, 3.8) is 0 Å². The van der Waals surface area contributed by atoms with Crippen LogP contribution in [-0.4, -0.2) is 21.7 Å². The second-order valence-electron chi connectivity index (χ2n) is 6.87. The van der Waals surface area contributed by atoms with E-state index in [0.717, 1.165) is 0 Å². The van der Waals surface area contributed by atoms with Gasteiger partial charge in [-0.05, 0) is 37.7 Å². The highest BCUT2D eigenvalue weighted by molar-refractivity contribution is 6.04. The second kappa shape index (κ2) is 6.14. The summed E-state index contributed by atoms with van der Waals surface area (Å²) in [5.41, 5.74) is 0.203. The van der Waals surface area contributed by atoms with Gasteiger partial charge in [-0.15, -0.1) is 0 Å². The highest BCUT2D eigenvalue weighted by Gasteiger charge is 2.30. The zero-order valence-electron chi connectivity index (χ0n) is 13.9. The molecule has 0 spiro atoms. The van der Waals surface area contributed by atoms with Gasteiger partial charge in [0, 0.05) is 18.0 Å². The van der Waals surface area contributed by atoms with E-state index in [9.17, 15) is 9.59 Å². The van der Waals surface area contributed by atoms with E-state index in [1.165, 1.54) is 17.5 Å². The Hall–Kier alpha value is -2.17. The van der Waals surface area contributed by atoms with Crippen molar-refractivity contribution in [1.29, 1.82) is 0 Å². The number of nitrogens with zero attached hydrogens (tertiary/aromatic N) is 2. The predicted octanol–water partition coefficient (Wildman–Crippen LogP) is 2.58. The van der Waals surface area contributed by atoms with Crippen LogP contribution >= 0.6 is 0 Å². The Bertz CT molecular complexity index is 790. The first-order chi connectivity index (χ1) is 11.0. The lowest BCUT2D eigenvalue weighted by molar-refractivity contribution is 0.0930. The van der Waals surface area contributed by atoms with Crippen LogP contribution in [0.2, 0.25) is 0 Å². The molecular formula is C18H23N3O2. The smallest absolute Gasteiger partial charge is 0.274 e. The van der Waals surface area contributed by atoms with Crippen LogP contribution in [0, 0.1) is 11.8 Å². The summed E-state index contributed by atoms with van der Waals surface area (Å²) >= 11 is 0. The topological polar surface area (TPSA) is 64.0 Å². The van der Waals surface area contributed by atoms with Gasteiger partial charge in [-0.2, -0.15) is 5.10 Å². The number of fused-ring (bicyclic) bond motifs is 1. The van der Waals surface area contributed by atoms with E-state index in [1.807, 2.05) is 32.9 Å². The molecule has 3 rings (SSSR count). The van der Waals surface area contributed by atoms with Crippen molar-refractivity contribution in [2.45, 2.75) is 46.2 Å². The lowest BCUT2D eigenvalue weighted by Crippen LogP contribution is -2.37. The Kier molecular flexibility index (Phi) is 4.20. The maximum absolute atomic E-state index is 12.7. The summed E-state index contributed by atoms with van der Waals surface area (Å²) in [7, 11) is 0. The van der Waals surface area contributed by atoms with Gasteiger partial charge in [0.25, 0.3) is 11.5 Å². The highest BCUT2D eigenvalue weighted by Crippen LogP contribution is 2.32. The van der Waals surface area contributed by atoms with Gasteiger partial charge in [-0.25, -0.2) is 4.68 Å². The van der Waals surface area contributed by atoms with Crippen LogP contribution < -0.4 is 10.9 Å². The van der Waals surface area contributed by atoms with Crippen molar-refractivity contribution < 1.29 is 4.79 Å². The molecule has 0 bridgehead atoms. The number of carbonyl (C=O) groups is 1. The lowest BCUT2D eigenvalue weighted by atomic mass is 10.1. The average Bonchev–Trinajstić information content (AvgIpc) is 3.34. The standard InChI is InChI=1S/C18H23N3O2/c1-11(2)10-21-18(23)15-7-5-4-6-14(15)16(20-21)17(22)19-12(3)13-8-9-13/h4-7,11-13H,8-10H2,1-3H3,(H,19,22)/t12-/m0/s1. The number of hydrogen-bond donors (Lipinski definition) is 1. The van der Waals surface area contributed by atoms with Crippen LogP contribution in [0.25, 0.3) is 10.8 Å². The van der Waals surface area contributed by atoms with Crippen molar-refractivity contribution >= 4 is 16.7 Å². The normalized spacial score (nSPS) is 15.8. The summed E-state index contributed by atoms with van der Waals surface area (Å²) in [6, 6.07) is 7.35. The third-order valence-electron chi connectivity index (χ3n) is 4.31. The molecule has 2 aromatic rings. The van der Waals surface area contributed by atoms with Crippen LogP contribution in [0.3, 0.4) is 0 Å². The number of amides is 1. The van der Waals surface area contributed by atoms with Crippen molar-refractivity contribution in [3.05, 3.63) is 40.3 Å². The minimum Gasteiger partial charge on any atom is -0.348 e. The summed E-state index contributed by atoms with van der Waals surface area (Å²) in [5, 5.41) is 8.57. The summed E-state index contributed by atoms with van der Waals surface area (Å²) in [6.07, 6.45) is 2.34. The molecular weight excluding hydrogens is 290 g/mol. The molecule has 1 amide bonds. The molecule has 5 nitrogen and oxygen atoms in total. The molecule has 0 unspecified atom stereocenters. The zero-order chi connectivity index (χ0) is 16.6. The number of aromatic nitrogens is 2. The van der Waals surface area contributed by atoms with Crippen LogP contribution in [0.15, 0.2) is 29.1 Å². The molecule has 1 heterocycles. The monoisotopic (exact) mass is 313 g/mol. The molecule has 1 aliphatic carbocycles. The van der Waals surface area contributed by atoms with Crippen molar-refractivity contribution in [2.75, 3.05) is 0 Å². The fourth-order valence-corrected chi connectivity index (χ4v) is 2.86. The average molecular weight is 313 g/mol. The highest BCUT2D eigenvalue weighted by atomic mass is 16.2. The number of carbonyl (C=O) groups excluding carboxylic acids is 1. The first-order valence-corrected chi connectivity index (χ1v) is 8.28. The molecule has 23 heavy (non-hydrogen) atoms. The quantitative estimate of drug-likeness (QED) is 0.923. The fraction of sp³-hybridized carbons (Fsp3) is 0.500. The Balaban J connectivity index is 2.05. The Morgan fingerprint density at radius 3 is 2.52 bits per heavy atom. The van der Waals surface area contributed by atoms with Crippen molar-refractivity contribution in [2.24, 2.45) is 11.8 Å². The van der Waals surface area contributed by atoms with Crippen LogP contribution in [-0.2, 0) is 6.54 Å². The van der Waals surface area contributed by atoms with Crippen molar-refractivity contribution in [1.82, 2.24) is 15.1 Å². The van der Waals surface area contributed by atoms with E-state index in [2.05, 4.69) is 10.4 Å². The lowest BCUT2D eigenvalue weighted by Gasteiger charge is -2.15. The van der Waals surface area contributed by atoms with E-state index in [0.29, 0.717) is 28.9 Å². The Morgan fingerprint density at radius 1 is 1.26 bits per heavy atom. The first-order valence-electron chi connectivity index (χ1n) is 8.28. The predicted molar refractivity (Wildman–Crippen MR) is 90.5 cm³/mol. The number of nitrogens with one attached hydrogen (secondary N) is 1. The molecule has 1 saturated carbocycles. The maximum atomic E-state index is 12.7. The summed E-state index contributed by atoms with van der Waals surface area (Å²) in [6.45, 7) is 6.58. The van der Waals surface area contributed by atoms with Crippen LogP contribution in [0.5, 0.6) is 0 Å². The van der Waals surface area contributed by atoms with Gasteiger partial charge < -0.3 is 5.32 Å². The Labute approximate surface area is 135 Å². The summed E-state index contributed by atoms with van der Waals surface area (Å²) in [5.74, 6) is 0.660. The van der Waals surface area contributed by atoms with Gasteiger partial charge in [0.1, 0.15) is 0 Å². The van der Waals surface area contributed by atoms with E-state index < -0.39 is 0 Å². The first kappa shape index (κ1) is 15.7. The SMILES string of the molecule is CC(C)Cn1nc(C(=O)N[C@@H](C)C2CC2)c2ccccc2c1=O. The molecule has 1 aromatic carbocycles. The Morgan fingerprint density at radius 2 is 1.91 bits per heavy atom. The fourth-order valence-electron chi connectivity index (χ4n) is 2.86. The largest absolute Gasteiger partial charge is 0.348 e. The molecule has 0 aliphatic heterocycles. The third-order valence-corrected chi connectivity index (χ3v) is 4.31. The second-order valence-corrected chi connectivity index (χ2v) is 6.87. The van der Waals surface area contributed by atoms with Gasteiger partial charge in [0.2, 0.25) is 0 Å². The summed E-state index contributed by atoms with van der Waals surface area (Å²) in [4.78, 5) is 25.2. The summed E-state index contributed by atoms with van der Waals surface area (Å²) < 4.78 is 1.42. The van der Waals surface area contributed by atoms with Gasteiger partial charge in [0.15, 0.2) is 5.69 Å². The van der Waals surface area contributed by atoms with Gasteiger partial charge in [-0.1, -0.05) is 32.0 Å². The van der Waals surface area contributed by atoms with E-state index in [-0.39, 0.29) is 23.4 Å². The molecule has 0 radical (unpaired) electrons. The molecule has 1 aromatic heterocycles. The zero-order valence-corrected chi connectivity index (χ0v) is 13.9. The minimum atomic E-state index is -0.196. The van der Waals surface area contributed by atoms with Crippen molar-refractivity contribution in [3.8, 4) is 0 Å². The van der Waals surface area contributed by atoms with Gasteiger partial charge >= 0.3 is 0 Å². The number of hydrogen-bond acceptors (Lipinski definition) is 3. The molecule has 0 saturated heterocycles. The van der Waals surface area contributed by atoms with E-state index in [4.69, 9.17) is 0 Å². The number of benzene rings is 1.